The smallest absolute Gasteiger partial charge is 0.237 e. The Morgan fingerprint density at radius 3 is 2.79 bits per heavy atom. The SMILES string of the molecule is C[C@@H](Sc1nnc(SCC(N)=O)s1)C(=O)Nc1ccc(F)cc1Cl. The second kappa shape index (κ2) is 8.65. The lowest BCUT2D eigenvalue weighted by Crippen LogP contribution is -2.22. The molecule has 128 valence electrons. The molecule has 0 aliphatic heterocycles. The molecule has 0 bridgehead atoms. The van der Waals surface area contributed by atoms with Crippen LogP contribution in [0.15, 0.2) is 26.9 Å². The van der Waals surface area contributed by atoms with Crippen LogP contribution in [0.5, 0.6) is 0 Å². The van der Waals surface area contributed by atoms with Gasteiger partial charge in [0.1, 0.15) is 5.82 Å². The van der Waals surface area contributed by atoms with Gasteiger partial charge in [0.2, 0.25) is 11.8 Å². The molecule has 2 aromatic rings. The van der Waals surface area contributed by atoms with Gasteiger partial charge < -0.3 is 11.1 Å². The zero-order valence-electron chi connectivity index (χ0n) is 12.3. The predicted molar refractivity (Wildman–Crippen MR) is 95.2 cm³/mol. The van der Waals surface area contributed by atoms with Gasteiger partial charge in [-0.25, -0.2) is 4.39 Å². The van der Waals surface area contributed by atoms with E-state index in [0.29, 0.717) is 14.4 Å². The van der Waals surface area contributed by atoms with Gasteiger partial charge >= 0.3 is 0 Å². The third-order valence-electron chi connectivity index (χ3n) is 2.56. The zero-order chi connectivity index (χ0) is 17.7. The Labute approximate surface area is 154 Å². The van der Waals surface area contributed by atoms with Crippen LogP contribution in [0.4, 0.5) is 10.1 Å². The van der Waals surface area contributed by atoms with Crippen LogP contribution < -0.4 is 11.1 Å². The number of carbonyl (C=O) groups is 2. The van der Waals surface area contributed by atoms with Crippen molar-refractivity contribution in [3.05, 3.63) is 29.0 Å². The highest BCUT2D eigenvalue weighted by atomic mass is 35.5. The number of nitrogens with zero attached hydrogens (tertiary/aromatic N) is 2. The number of thioether (sulfide) groups is 2. The van der Waals surface area contributed by atoms with Crippen LogP contribution in [-0.4, -0.2) is 33.0 Å². The molecule has 0 saturated carbocycles. The molecule has 0 spiro atoms. The monoisotopic (exact) mass is 406 g/mol. The van der Waals surface area contributed by atoms with Gasteiger partial charge in [0.15, 0.2) is 8.68 Å². The molecular formula is C13H12ClFN4O2S3. The van der Waals surface area contributed by atoms with E-state index in [2.05, 4.69) is 15.5 Å². The summed E-state index contributed by atoms with van der Waals surface area (Å²) < 4.78 is 14.2. The Kier molecular flexibility index (Phi) is 6.84. The Morgan fingerprint density at radius 1 is 1.42 bits per heavy atom. The van der Waals surface area contributed by atoms with E-state index < -0.39 is 17.0 Å². The van der Waals surface area contributed by atoms with Gasteiger partial charge in [-0.3, -0.25) is 9.59 Å². The molecule has 3 N–H and O–H groups in total. The first-order valence-corrected chi connectivity index (χ1v) is 9.58. The molecule has 0 unspecified atom stereocenters. The van der Waals surface area contributed by atoms with Crippen LogP contribution in [0.1, 0.15) is 6.92 Å². The minimum atomic E-state index is -0.477. The summed E-state index contributed by atoms with van der Waals surface area (Å²) in [6, 6.07) is 3.74. The average Bonchev–Trinajstić information content (AvgIpc) is 2.95. The fourth-order valence-corrected chi connectivity index (χ4v) is 4.58. The van der Waals surface area contributed by atoms with Crippen molar-refractivity contribution in [3.63, 3.8) is 0 Å². The molecule has 0 aliphatic carbocycles. The number of amides is 2. The Morgan fingerprint density at radius 2 is 2.12 bits per heavy atom. The lowest BCUT2D eigenvalue weighted by molar-refractivity contribution is -0.116. The van der Waals surface area contributed by atoms with E-state index in [9.17, 15) is 14.0 Å². The molecule has 2 rings (SSSR count). The van der Waals surface area contributed by atoms with Crippen LogP contribution in [-0.2, 0) is 9.59 Å². The van der Waals surface area contributed by atoms with Gasteiger partial charge in [0.05, 0.1) is 21.7 Å². The topological polar surface area (TPSA) is 98.0 Å². The van der Waals surface area contributed by atoms with Crippen molar-refractivity contribution in [2.24, 2.45) is 5.73 Å². The number of benzene rings is 1. The molecule has 24 heavy (non-hydrogen) atoms. The minimum absolute atomic E-state index is 0.123. The molecule has 0 radical (unpaired) electrons. The maximum absolute atomic E-state index is 13.0. The Bertz CT molecular complexity index is 759. The van der Waals surface area contributed by atoms with Crippen molar-refractivity contribution in [1.29, 1.82) is 0 Å². The number of aromatic nitrogens is 2. The fourth-order valence-electron chi connectivity index (χ4n) is 1.47. The lowest BCUT2D eigenvalue weighted by atomic mass is 10.3. The number of hydrogen-bond acceptors (Lipinski definition) is 7. The number of rotatable bonds is 7. The van der Waals surface area contributed by atoms with Crippen LogP contribution in [0.25, 0.3) is 0 Å². The first kappa shape index (κ1) is 19.0. The zero-order valence-corrected chi connectivity index (χ0v) is 15.5. The number of nitrogens with two attached hydrogens (primary N) is 1. The third kappa shape index (κ3) is 5.62. The summed E-state index contributed by atoms with van der Waals surface area (Å²) in [7, 11) is 0. The number of anilines is 1. The van der Waals surface area contributed by atoms with E-state index in [0.717, 1.165) is 6.07 Å². The second-order valence-electron chi connectivity index (χ2n) is 4.46. The quantitative estimate of drug-likeness (QED) is 0.686. The fraction of sp³-hybridized carbons (Fsp3) is 0.231. The van der Waals surface area contributed by atoms with Gasteiger partial charge in [0, 0.05) is 0 Å². The second-order valence-corrected chi connectivity index (χ2v) is 8.66. The first-order chi connectivity index (χ1) is 11.3. The summed E-state index contributed by atoms with van der Waals surface area (Å²) in [5.74, 6) is -1.09. The molecule has 1 atom stereocenters. The molecule has 1 aromatic carbocycles. The van der Waals surface area contributed by atoms with Crippen molar-refractivity contribution in [1.82, 2.24) is 10.2 Å². The van der Waals surface area contributed by atoms with Crippen LogP contribution >= 0.6 is 46.5 Å². The van der Waals surface area contributed by atoms with Crippen LogP contribution in [0, 0.1) is 5.82 Å². The van der Waals surface area contributed by atoms with Crippen molar-refractivity contribution in [2.75, 3.05) is 11.1 Å². The summed E-state index contributed by atoms with van der Waals surface area (Å²) >= 11 is 9.57. The average molecular weight is 407 g/mol. The lowest BCUT2D eigenvalue weighted by Gasteiger charge is -2.11. The molecule has 1 aromatic heterocycles. The van der Waals surface area contributed by atoms with E-state index in [1.165, 1.54) is 47.0 Å². The Balaban J connectivity index is 1.92. The standard InChI is InChI=1S/C13H12ClFN4O2S3/c1-6(11(21)17-9-3-2-7(15)4-8(9)14)23-13-19-18-12(24-13)22-5-10(16)20/h2-4,6H,5H2,1H3,(H2,16,20)(H,17,21)/t6-/m1/s1. The molecule has 1 heterocycles. The van der Waals surface area contributed by atoms with Crippen molar-refractivity contribution < 1.29 is 14.0 Å². The maximum Gasteiger partial charge on any atom is 0.237 e. The highest BCUT2D eigenvalue weighted by Crippen LogP contribution is 2.32. The van der Waals surface area contributed by atoms with Gasteiger partial charge in [-0.1, -0.05) is 46.5 Å². The van der Waals surface area contributed by atoms with Gasteiger partial charge in [0.25, 0.3) is 0 Å². The molecule has 0 saturated heterocycles. The highest BCUT2D eigenvalue weighted by molar-refractivity contribution is 8.04. The van der Waals surface area contributed by atoms with E-state index in [4.69, 9.17) is 17.3 Å². The van der Waals surface area contributed by atoms with Crippen molar-refractivity contribution in [2.45, 2.75) is 20.9 Å². The Hall–Kier alpha value is -1.36. The third-order valence-corrected chi connectivity index (χ3v) is 6.14. The first-order valence-electron chi connectivity index (χ1n) is 6.52. The number of carbonyl (C=O) groups excluding carboxylic acids is 2. The van der Waals surface area contributed by atoms with Crippen LogP contribution in [0.3, 0.4) is 0 Å². The maximum atomic E-state index is 13.0. The van der Waals surface area contributed by atoms with Gasteiger partial charge in [-0.15, -0.1) is 10.2 Å². The predicted octanol–water partition coefficient (Wildman–Crippen LogP) is 3.03. The molecule has 0 fully saturated rings. The van der Waals surface area contributed by atoms with Crippen molar-refractivity contribution >= 4 is 64.0 Å². The highest BCUT2D eigenvalue weighted by Gasteiger charge is 2.18. The molecule has 2 amide bonds. The van der Waals surface area contributed by atoms with Crippen molar-refractivity contribution in [3.8, 4) is 0 Å². The largest absolute Gasteiger partial charge is 0.369 e. The molecular weight excluding hydrogens is 395 g/mol. The molecule has 0 aliphatic rings. The van der Waals surface area contributed by atoms with Gasteiger partial charge in [-0.2, -0.15) is 0 Å². The molecule has 6 nitrogen and oxygen atoms in total. The normalized spacial score (nSPS) is 12.0. The van der Waals surface area contributed by atoms with E-state index in [1.54, 1.807) is 6.92 Å². The summed E-state index contributed by atoms with van der Waals surface area (Å²) in [4.78, 5) is 22.9. The number of hydrogen-bond donors (Lipinski definition) is 2. The molecule has 11 heteroatoms. The minimum Gasteiger partial charge on any atom is -0.369 e. The number of halogens is 2. The van der Waals surface area contributed by atoms with E-state index >= 15 is 0 Å². The van der Waals surface area contributed by atoms with Crippen LogP contribution in [0.2, 0.25) is 5.02 Å². The summed E-state index contributed by atoms with van der Waals surface area (Å²) in [5, 5.41) is 10.2. The van der Waals surface area contributed by atoms with E-state index in [-0.39, 0.29) is 16.7 Å². The summed E-state index contributed by atoms with van der Waals surface area (Å²) in [6.45, 7) is 1.70. The summed E-state index contributed by atoms with van der Waals surface area (Å²) in [6.07, 6.45) is 0. The number of primary amides is 1. The van der Waals surface area contributed by atoms with Gasteiger partial charge in [-0.05, 0) is 25.1 Å². The summed E-state index contributed by atoms with van der Waals surface area (Å²) in [5.41, 5.74) is 5.41. The number of nitrogens with one attached hydrogen (secondary N) is 1. The van der Waals surface area contributed by atoms with E-state index in [1.807, 2.05) is 0 Å².